The molecule has 0 saturated heterocycles. The highest BCUT2D eigenvalue weighted by molar-refractivity contribution is 9.10. The van der Waals surface area contributed by atoms with Crippen molar-refractivity contribution in [1.29, 1.82) is 5.26 Å². The summed E-state index contributed by atoms with van der Waals surface area (Å²) in [5.74, 6) is -0.303. The van der Waals surface area contributed by atoms with Crippen LogP contribution in [0.15, 0.2) is 40.9 Å². The molecule has 1 heterocycles. The Labute approximate surface area is 134 Å². The first-order valence-corrected chi connectivity index (χ1v) is 7.29. The second-order valence-electron chi connectivity index (χ2n) is 4.95. The fraction of sp³-hybridized carbons (Fsp3) is 0.0588. The van der Waals surface area contributed by atoms with Crippen LogP contribution in [0.4, 0.5) is 4.39 Å². The van der Waals surface area contributed by atoms with Gasteiger partial charge in [-0.25, -0.2) is 9.37 Å². The normalized spacial score (nSPS) is 10.6. The van der Waals surface area contributed by atoms with Crippen molar-refractivity contribution in [3.63, 3.8) is 0 Å². The number of fused-ring (bicyclic) bond motifs is 1. The highest BCUT2D eigenvalue weighted by Crippen LogP contribution is 2.33. The molecule has 0 aliphatic carbocycles. The van der Waals surface area contributed by atoms with E-state index in [0.717, 1.165) is 0 Å². The quantitative estimate of drug-likeness (QED) is 0.688. The lowest BCUT2D eigenvalue weighted by atomic mass is 10.1. The molecule has 0 fully saturated rings. The summed E-state index contributed by atoms with van der Waals surface area (Å²) in [5, 5.41) is 19.5. The number of nitrogens with zero attached hydrogens (tertiary/aromatic N) is 2. The fourth-order valence-electron chi connectivity index (χ4n) is 2.26. The summed E-state index contributed by atoms with van der Waals surface area (Å²) in [5.41, 5.74) is 2.48. The molecule has 3 nitrogen and oxygen atoms in total. The van der Waals surface area contributed by atoms with Crippen LogP contribution in [0.2, 0.25) is 0 Å². The van der Waals surface area contributed by atoms with E-state index in [1.807, 2.05) is 6.07 Å². The minimum Gasteiger partial charge on any atom is -0.508 e. The highest BCUT2D eigenvalue weighted by Gasteiger charge is 2.12. The maximum Gasteiger partial charge on any atom is 0.126 e. The lowest BCUT2D eigenvalue weighted by molar-refractivity contribution is 0.476. The molecular formula is C17H10BrFN2O. The summed E-state index contributed by atoms with van der Waals surface area (Å²) in [6.45, 7) is 1.69. The Hall–Kier alpha value is -2.45. The molecule has 108 valence electrons. The lowest BCUT2D eigenvalue weighted by Crippen LogP contribution is -1.92. The molecule has 0 spiro atoms. The van der Waals surface area contributed by atoms with E-state index in [-0.39, 0.29) is 17.1 Å². The average molecular weight is 357 g/mol. The number of aromatic hydroxyl groups is 1. The van der Waals surface area contributed by atoms with Gasteiger partial charge in [0.05, 0.1) is 16.8 Å². The topological polar surface area (TPSA) is 56.9 Å². The first kappa shape index (κ1) is 14.5. The predicted octanol–water partition coefficient (Wildman–Crippen LogP) is 4.69. The van der Waals surface area contributed by atoms with Crippen LogP contribution in [0.25, 0.3) is 22.2 Å². The van der Waals surface area contributed by atoms with E-state index in [4.69, 9.17) is 0 Å². The van der Waals surface area contributed by atoms with Crippen LogP contribution in [-0.2, 0) is 0 Å². The van der Waals surface area contributed by atoms with Crippen molar-refractivity contribution in [3.8, 4) is 23.1 Å². The molecule has 1 aromatic heterocycles. The third kappa shape index (κ3) is 2.42. The zero-order chi connectivity index (χ0) is 15.9. The van der Waals surface area contributed by atoms with E-state index in [1.54, 1.807) is 25.1 Å². The number of benzene rings is 2. The number of aryl methyl sites for hydroxylation is 1. The van der Waals surface area contributed by atoms with Crippen LogP contribution in [0, 0.1) is 24.1 Å². The van der Waals surface area contributed by atoms with Crippen molar-refractivity contribution in [3.05, 3.63) is 57.8 Å². The maximum atomic E-state index is 13.8. The SMILES string of the molecule is Cc1ccc(-c2cc(Br)c3cc(O)cc(C#N)c3n2)cc1F. The first-order valence-electron chi connectivity index (χ1n) is 6.49. The van der Waals surface area contributed by atoms with Gasteiger partial charge >= 0.3 is 0 Å². The zero-order valence-corrected chi connectivity index (χ0v) is 13.1. The molecule has 5 heteroatoms. The summed E-state index contributed by atoms with van der Waals surface area (Å²) in [4.78, 5) is 4.46. The molecule has 2 aromatic carbocycles. The minimum absolute atomic E-state index is 0.000630. The van der Waals surface area contributed by atoms with E-state index < -0.39 is 0 Å². The van der Waals surface area contributed by atoms with Gasteiger partial charge in [-0.2, -0.15) is 5.26 Å². The van der Waals surface area contributed by atoms with Gasteiger partial charge in [0.1, 0.15) is 17.6 Å². The van der Waals surface area contributed by atoms with Gasteiger partial charge in [-0.3, -0.25) is 0 Å². The molecule has 0 amide bonds. The van der Waals surface area contributed by atoms with Crippen molar-refractivity contribution in [2.24, 2.45) is 0 Å². The molecule has 0 unspecified atom stereocenters. The Bertz CT molecular complexity index is 948. The smallest absolute Gasteiger partial charge is 0.126 e. The van der Waals surface area contributed by atoms with Crippen LogP contribution in [0.3, 0.4) is 0 Å². The molecule has 0 aliphatic rings. The van der Waals surface area contributed by atoms with E-state index in [1.165, 1.54) is 18.2 Å². The molecule has 0 radical (unpaired) electrons. The number of phenolic OH excluding ortho intramolecular Hbond substituents is 1. The summed E-state index contributed by atoms with van der Waals surface area (Å²) >= 11 is 3.42. The van der Waals surface area contributed by atoms with Crippen molar-refractivity contribution >= 4 is 26.8 Å². The standard InChI is InChI=1S/C17H10BrFN2O/c1-9-2-3-10(5-15(9)19)16-7-14(18)13-6-12(22)4-11(8-20)17(13)21-16/h2-7,22H,1H3. The van der Waals surface area contributed by atoms with E-state index in [9.17, 15) is 14.8 Å². The Morgan fingerprint density at radius 1 is 1.23 bits per heavy atom. The second-order valence-corrected chi connectivity index (χ2v) is 5.81. The van der Waals surface area contributed by atoms with Crippen molar-refractivity contribution < 1.29 is 9.50 Å². The molecule has 0 aliphatic heterocycles. The van der Waals surface area contributed by atoms with Crippen LogP contribution in [0.1, 0.15) is 11.1 Å². The van der Waals surface area contributed by atoms with E-state index >= 15 is 0 Å². The van der Waals surface area contributed by atoms with Crippen LogP contribution < -0.4 is 0 Å². The number of pyridine rings is 1. The van der Waals surface area contributed by atoms with Gasteiger partial charge in [-0.1, -0.05) is 28.1 Å². The van der Waals surface area contributed by atoms with Gasteiger partial charge in [0, 0.05) is 15.4 Å². The number of halogens is 2. The highest BCUT2D eigenvalue weighted by atomic mass is 79.9. The third-order valence-corrected chi connectivity index (χ3v) is 4.09. The largest absolute Gasteiger partial charge is 0.508 e. The maximum absolute atomic E-state index is 13.8. The number of hydrogen-bond donors (Lipinski definition) is 1. The number of nitriles is 1. The predicted molar refractivity (Wildman–Crippen MR) is 86.0 cm³/mol. The lowest BCUT2D eigenvalue weighted by Gasteiger charge is -2.08. The molecule has 0 atom stereocenters. The summed E-state index contributed by atoms with van der Waals surface area (Å²) in [6, 6.07) is 11.5. The van der Waals surface area contributed by atoms with Crippen LogP contribution >= 0.6 is 15.9 Å². The Kier molecular flexibility index (Phi) is 3.55. The van der Waals surface area contributed by atoms with Crippen molar-refractivity contribution in [1.82, 2.24) is 4.98 Å². The summed E-state index contributed by atoms with van der Waals surface area (Å²) < 4.78 is 14.4. The molecule has 22 heavy (non-hydrogen) atoms. The molecule has 1 N–H and O–H groups in total. The van der Waals surface area contributed by atoms with Gasteiger partial charge in [0.2, 0.25) is 0 Å². The molecule has 3 aromatic rings. The fourth-order valence-corrected chi connectivity index (χ4v) is 2.78. The molecular weight excluding hydrogens is 347 g/mol. The monoisotopic (exact) mass is 356 g/mol. The Morgan fingerprint density at radius 3 is 2.68 bits per heavy atom. The number of aromatic nitrogens is 1. The molecule has 3 rings (SSSR count). The van der Waals surface area contributed by atoms with Crippen LogP contribution in [-0.4, -0.2) is 10.1 Å². The van der Waals surface area contributed by atoms with Gasteiger partial charge in [0.15, 0.2) is 0 Å². The zero-order valence-electron chi connectivity index (χ0n) is 11.6. The number of rotatable bonds is 1. The van der Waals surface area contributed by atoms with Gasteiger partial charge < -0.3 is 5.11 Å². The van der Waals surface area contributed by atoms with Gasteiger partial charge in [-0.15, -0.1) is 0 Å². The van der Waals surface area contributed by atoms with Gasteiger partial charge in [-0.05, 0) is 36.8 Å². The van der Waals surface area contributed by atoms with E-state index in [0.29, 0.717) is 32.2 Å². The molecule has 0 saturated carbocycles. The Balaban J connectivity index is 2.31. The summed E-state index contributed by atoms with van der Waals surface area (Å²) in [6.07, 6.45) is 0. The van der Waals surface area contributed by atoms with Gasteiger partial charge in [0.25, 0.3) is 0 Å². The van der Waals surface area contributed by atoms with Crippen LogP contribution in [0.5, 0.6) is 5.75 Å². The van der Waals surface area contributed by atoms with Crippen molar-refractivity contribution in [2.45, 2.75) is 6.92 Å². The molecule has 0 bridgehead atoms. The Morgan fingerprint density at radius 2 is 2.00 bits per heavy atom. The number of hydrogen-bond acceptors (Lipinski definition) is 3. The third-order valence-electron chi connectivity index (χ3n) is 3.44. The average Bonchev–Trinajstić information content (AvgIpc) is 2.49. The second kappa shape index (κ2) is 5.39. The van der Waals surface area contributed by atoms with Crippen molar-refractivity contribution in [2.75, 3.05) is 0 Å². The first-order chi connectivity index (χ1) is 10.5. The minimum atomic E-state index is -0.304. The van der Waals surface area contributed by atoms with E-state index in [2.05, 4.69) is 20.9 Å². The summed E-state index contributed by atoms with van der Waals surface area (Å²) in [7, 11) is 0. The number of phenols is 1.